The van der Waals surface area contributed by atoms with Gasteiger partial charge in [0.2, 0.25) is 0 Å². The Kier molecular flexibility index (Phi) is 6.55. The number of halogens is 2. The van der Waals surface area contributed by atoms with Gasteiger partial charge >= 0.3 is 6.03 Å². The fraction of sp³-hybridized carbons (Fsp3) is 0.533. The zero-order valence-corrected chi connectivity index (χ0v) is 12.3. The van der Waals surface area contributed by atoms with Crippen molar-refractivity contribution in [2.45, 2.75) is 44.7 Å². The molecule has 4 nitrogen and oxygen atoms in total. The predicted octanol–water partition coefficient (Wildman–Crippen LogP) is 2.84. The van der Waals surface area contributed by atoms with Gasteiger partial charge < -0.3 is 15.7 Å². The summed E-state index contributed by atoms with van der Waals surface area (Å²) in [4.78, 5) is 11.8. The minimum absolute atomic E-state index is 0.00999. The van der Waals surface area contributed by atoms with Crippen molar-refractivity contribution in [3.63, 3.8) is 0 Å². The number of hydrogen-bond donors (Lipinski definition) is 3. The third-order valence-corrected chi connectivity index (χ3v) is 3.27. The zero-order chi connectivity index (χ0) is 15.9. The number of nitrogens with one attached hydrogen (secondary N) is 2. The van der Waals surface area contributed by atoms with E-state index in [1.165, 1.54) is 6.92 Å². The summed E-state index contributed by atoms with van der Waals surface area (Å²) in [6.07, 6.45) is 1.05. The Morgan fingerprint density at radius 2 is 1.90 bits per heavy atom. The summed E-state index contributed by atoms with van der Waals surface area (Å²) in [6.45, 7) is 2.03. The molecule has 3 N–H and O–H groups in total. The van der Waals surface area contributed by atoms with Crippen LogP contribution in [-0.2, 0) is 0 Å². The molecule has 6 heteroatoms. The first-order chi connectivity index (χ1) is 9.84. The molecule has 0 aliphatic rings. The smallest absolute Gasteiger partial charge is 0.315 e. The van der Waals surface area contributed by atoms with E-state index in [0.717, 1.165) is 12.5 Å². The first-order valence-corrected chi connectivity index (χ1v) is 6.95. The third kappa shape index (κ3) is 6.08. The van der Waals surface area contributed by atoms with Crippen LogP contribution < -0.4 is 10.6 Å². The zero-order valence-electron chi connectivity index (χ0n) is 12.3. The highest BCUT2D eigenvalue weighted by Crippen LogP contribution is 2.19. The maximum Gasteiger partial charge on any atom is 0.315 e. The molecule has 0 aromatic heterocycles. The highest BCUT2D eigenvalue weighted by molar-refractivity contribution is 5.74. The van der Waals surface area contributed by atoms with Crippen LogP contribution in [0.15, 0.2) is 30.3 Å². The van der Waals surface area contributed by atoms with Gasteiger partial charge in [-0.05, 0) is 25.3 Å². The van der Waals surface area contributed by atoms with Gasteiger partial charge in [0.1, 0.15) is 0 Å². The van der Waals surface area contributed by atoms with Gasteiger partial charge in [-0.2, -0.15) is 0 Å². The first-order valence-electron chi connectivity index (χ1n) is 6.95. The van der Waals surface area contributed by atoms with Gasteiger partial charge in [0.15, 0.2) is 0 Å². The van der Waals surface area contributed by atoms with Gasteiger partial charge in [0.05, 0.1) is 12.1 Å². The summed E-state index contributed by atoms with van der Waals surface area (Å²) in [5.41, 5.74) is 0.872. The van der Waals surface area contributed by atoms with Crippen molar-refractivity contribution >= 4 is 6.03 Å². The van der Waals surface area contributed by atoms with E-state index in [0.29, 0.717) is 12.8 Å². The Bertz CT molecular complexity index is 435. The van der Waals surface area contributed by atoms with Crippen LogP contribution in [0, 0.1) is 0 Å². The van der Waals surface area contributed by atoms with Crippen LogP contribution >= 0.6 is 0 Å². The average molecular weight is 300 g/mol. The van der Waals surface area contributed by atoms with E-state index in [1.807, 2.05) is 30.3 Å². The maximum atomic E-state index is 13.1. The number of aliphatic hydroxyl groups is 1. The Morgan fingerprint density at radius 3 is 2.43 bits per heavy atom. The lowest BCUT2D eigenvalue weighted by Crippen LogP contribution is -2.48. The van der Waals surface area contributed by atoms with Gasteiger partial charge in [-0.3, -0.25) is 0 Å². The van der Waals surface area contributed by atoms with Crippen molar-refractivity contribution < 1.29 is 18.7 Å². The Balaban J connectivity index is 2.66. The SMILES string of the molecule is CC(NC(=O)NC(CCCO)c1ccccc1)C(C)(F)F. The average Bonchev–Trinajstić information content (AvgIpc) is 2.43. The fourth-order valence-corrected chi connectivity index (χ4v) is 1.83. The number of alkyl halides is 2. The summed E-state index contributed by atoms with van der Waals surface area (Å²) in [6, 6.07) is 7.00. The quantitative estimate of drug-likeness (QED) is 0.725. The van der Waals surface area contributed by atoms with Crippen molar-refractivity contribution in [2.24, 2.45) is 0 Å². The van der Waals surface area contributed by atoms with Crippen LogP contribution in [0.3, 0.4) is 0 Å². The third-order valence-electron chi connectivity index (χ3n) is 3.27. The molecule has 1 aromatic rings. The van der Waals surface area contributed by atoms with E-state index in [9.17, 15) is 13.6 Å². The lowest BCUT2D eigenvalue weighted by Gasteiger charge is -2.24. The molecular weight excluding hydrogens is 278 g/mol. The van der Waals surface area contributed by atoms with Gasteiger partial charge in [0, 0.05) is 13.5 Å². The summed E-state index contributed by atoms with van der Waals surface area (Å²) in [5, 5.41) is 13.8. The van der Waals surface area contributed by atoms with Gasteiger partial charge in [-0.25, -0.2) is 13.6 Å². The van der Waals surface area contributed by atoms with Crippen LogP contribution in [-0.4, -0.2) is 29.7 Å². The summed E-state index contributed by atoms with van der Waals surface area (Å²) in [7, 11) is 0. The molecule has 0 spiro atoms. The van der Waals surface area contributed by atoms with Crippen molar-refractivity contribution in [1.82, 2.24) is 10.6 Å². The lowest BCUT2D eigenvalue weighted by molar-refractivity contribution is -0.00850. The summed E-state index contributed by atoms with van der Waals surface area (Å²) < 4.78 is 26.1. The van der Waals surface area contributed by atoms with Crippen molar-refractivity contribution in [2.75, 3.05) is 6.61 Å². The monoisotopic (exact) mass is 300 g/mol. The van der Waals surface area contributed by atoms with Crippen LogP contribution in [0.25, 0.3) is 0 Å². The van der Waals surface area contributed by atoms with Crippen molar-refractivity contribution in [1.29, 1.82) is 0 Å². The summed E-state index contributed by atoms with van der Waals surface area (Å²) in [5.74, 6) is -2.98. The number of urea groups is 1. The molecule has 2 amide bonds. The highest BCUT2D eigenvalue weighted by Gasteiger charge is 2.31. The van der Waals surface area contributed by atoms with Crippen LogP contribution in [0.5, 0.6) is 0 Å². The molecule has 0 saturated carbocycles. The standard InChI is InChI=1S/C15H22F2N2O2/c1-11(15(2,16)17)18-14(21)19-13(9-6-10-20)12-7-4-3-5-8-12/h3-5,7-8,11,13,20H,6,9-10H2,1-2H3,(H2,18,19,21). The van der Waals surface area contributed by atoms with Crippen LogP contribution in [0.4, 0.5) is 13.6 Å². The largest absolute Gasteiger partial charge is 0.396 e. The minimum atomic E-state index is -2.98. The molecule has 118 valence electrons. The number of aliphatic hydroxyl groups excluding tert-OH is 1. The minimum Gasteiger partial charge on any atom is -0.396 e. The molecule has 0 radical (unpaired) electrons. The highest BCUT2D eigenvalue weighted by atomic mass is 19.3. The summed E-state index contributed by atoms with van der Waals surface area (Å²) >= 11 is 0. The van der Waals surface area contributed by atoms with Gasteiger partial charge in [-0.15, -0.1) is 0 Å². The molecule has 0 aliphatic carbocycles. The number of rotatable bonds is 7. The molecule has 0 fully saturated rings. The van der Waals surface area contributed by atoms with E-state index < -0.39 is 18.0 Å². The molecular formula is C15H22F2N2O2. The van der Waals surface area contributed by atoms with Crippen LogP contribution in [0.1, 0.15) is 38.3 Å². The first kappa shape index (κ1) is 17.4. The second kappa shape index (κ2) is 7.93. The molecule has 0 saturated heterocycles. The van der Waals surface area contributed by atoms with Crippen LogP contribution in [0.2, 0.25) is 0 Å². The number of carbonyl (C=O) groups is 1. The van der Waals surface area contributed by atoms with Crippen molar-refractivity contribution in [3.8, 4) is 0 Å². The number of hydrogen-bond acceptors (Lipinski definition) is 2. The molecule has 21 heavy (non-hydrogen) atoms. The fourth-order valence-electron chi connectivity index (χ4n) is 1.83. The molecule has 0 heterocycles. The van der Waals surface area contributed by atoms with E-state index in [2.05, 4.69) is 10.6 Å². The molecule has 0 aliphatic heterocycles. The Morgan fingerprint density at radius 1 is 1.29 bits per heavy atom. The number of amides is 2. The Hall–Kier alpha value is -1.69. The molecule has 1 aromatic carbocycles. The van der Waals surface area contributed by atoms with E-state index >= 15 is 0 Å². The van der Waals surface area contributed by atoms with Crippen molar-refractivity contribution in [3.05, 3.63) is 35.9 Å². The molecule has 2 unspecified atom stereocenters. The lowest BCUT2D eigenvalue weighted by atomic mass is 10.0. The van der Waals surface area contributed by atoms with E-state index in [1.54, 1.807) is 0 Å². The number of carbonyl (C=O) groups excluding carboxylic acids is 1. The molecule has 1 rings (SSSR count). The van der Waals surface area contributed by atoms with Gasteiger partial charge in [0.25, 0.3) is 5.92 Å². The molecule has 2 atom stereocenters. The van der Waals surface area contributed by atoms with E-state index in [4.69, 9.17) is 5.11 Å². The number of benzene rings is 1. The van der Waals surface area contributed by atoms with E-state index in [-0.39, 0.29) is 12.6 Å². The Labute approximate surface area is 123 Å². The normalized spacial score (nSPS) is 14.3. The second-order valence-corrected chi connectivity index (χ2v) is 5.12. The van der Waals surface area contributed by atoms with Gasteiger partial charge in [-0.1, -0.05) is 30.3 Å². The topological polar surface area (TPSA) is 61.4 Å². The second-order valence-electron chi connectivity index (χ2n) is 5.12. The maximum absolute atomic E-state index is 13.1. The predicted molar refractivity (Wildman–Crippen MR) is 77.3 cm³/mol. The molecule has 0 bridgehead atoms.